The van der Waals surface area contributed by atoms with Gasteiger partial charge >= 0.3 is 7.12 Å². The first kappa shape index (κ1) is 31.4. The van der Waals surface area contributed by atoms with Gasteiger partial charge in [-0.25, -0.2) is 9.67 Å². The summed E-state index contributed by atoms with van der Waals surface area (Å²) in [4.78, 5) is 22.1. The first-order valence-corrected chi connectivity index (χ1v) is 15.8. The van der Waals surface area contributed by atoms with Crippen molar-refractivity contribution in [3.05, 3.63) is 53.3 Å². The average molecular weight is 615 g/mol. The highest BCUT2D eigenvalue weighted by molar-refractivity contribution is 6.62. The lowest BCUT2D eigenvalue weighted by Gasteiger charge is -2.32. The summed E-state index contributed by atoms with van der Waals surface area (Å²) >= 11 is 0. The van der Waals surface area contributed by atoms with E-state index in [0.29, 0.717) is 12.5 Å². The molecule has 0 saturated carbocycles. The molecule has 5 heterocycles. The monoisotopic (exact) mass is 614 g/mol. The van der Waals surface area contributed by atoms with Gasteiger partial charge in [-0.05, 0) is 84.1 Å². The van der Waals surface area contributed by atoms with E-state index in [4.69, 9.17) is 28.7 Å². The van der Waals surface area contributed by atoms with E-state index < -0.39 is 18.3 Å². The quantitative estimate of drug-likeness (QED) is 0.277. The molecule has 2 aliphatic heterocycles. The number of nitrogens with zero attached hydrogens (tertiary/aromatic N) is 5. The lowest BCUT2D eigenvalue weighted by Crippen LogP contribution is -2.41. The van der Waals surface area contributed by atoms with Crippen LogP contribution >= 0.6 is 0 Å². The minimum atomic E-state index is -0.540. The van der Waals surface area contributed by atoms with Crippen LogP contribution in [-0.2, 0) is 19.5 Å². The van der Waals surface area contributed by atoms with Gasteiger partial charge in [-0.1, -0.05) is 38.1 Å². The molecule has 12 heteroatoms. The van der Waals surface area contributed by atoms with Crippen molar-refractivity contribution in [2.45, 2.75) is 110 Å². The fraction of sp³-hybridized carbons (Fsp3) is 0.545. The van der Waals surface area contributed by atoms with E-state index >= 15 is 0 Å². The molecule has 1 amide bonds. The molecule has 2 saturated heterocycles. The highest BCUT2D eigenvalue weighted by atomic mass is 16.7. The fourth-order valence-corrected chi connectivity index (χ4v) is 5.75. The van der Waals surface area contributed by atoms with Crippen LogP contribution < -0.4 is 10.8 Å². The Morgan fingerprint density at radius 3 is 2.47 bits per heavy atom. The smallest absolute Gasteiger partial charge is 0.399 e. The van der Waals surface area contributed by atoms with Crippen LogP contribution in [0.2, 0.25) is 0 Å². The second-order valence-electron chi connectivity index (χ2n) is 14.3. The third kappa shape index (κ3) is 5.91. The maximum atomic E-state index is 12.9. The number of pyridine rings is 1. The fourth-order valence-electron chi connectivity index (χ4n) is 5.75. The predicted molar refractivity (Wildman–Crippen MR) is 171 cm³/mol. The van der Waals surface area contributed by atoms with Crippen LogP contribution in [0.25, 0.3) is 22.3 Å². The summed E-state index contributed by atoms with van der Waals surface area (Å²) in [6, 6.07) is 7.95. The van der Waals surface area contributed by atoms with Crippen molar-refractivity contribution in [3.63, 3.8) is 0 Å². The first-order valence-electron chi connectivity index (χ1n) is 15.8. The number of amides is 1. The molecule has 11 nitrogen and oxygen atoms in total. The molecule has 2 fully saturated rings. The van der Waals surface area contributed by atoms with Gasteiger partial charge in [0.05, 0.1) is 17.2 Å². The number of rotatable bonds is 6. The molecule has 2 aliphatic rings. The molecule has 6 rings (SSSR count). The van der Waals surface area contributed by atoms with E-state index in [1.807, 2.05) is 85.3 Å². The number of benzene rings is 1. The zero-order chi connectivity index (χ0) is 32.3. The average Bonchev–Trinajstić information content (AvgIpc) is 3.67. The molecule has 238 valence electrons. The standard InChI is InChI=1S/C33H43BN6O5/c1-19-16-21(13-14-23(19)20(2)36-29(41)27-37-30(43-39-27)31(3,4)5)26-24-17-22(34-44-32(6,7)33(8,9)45-34)18-35-28(24)40(38-26)25-12-10-11-15-42-25/h13-14,16-18,20,25H,10-12,15H2,1-9H3,(H,36,41)/t20-,25?/m1/s1. The summed E-state index contributed by atoms with van der Waals surface area (Å²) < 4.78 is 26.0. The number of nitrogens with one attached hydrogen (secondary N) is 1. The van der Waals surface area contributed by atoms with Gasteiger partial charge in [-0.3, -0.25) is 4.79 Å². The Labute approximate surface area is 264 Å². The van der Waals surface area contributed by atoms with E-state index in [-0.39, 0.29) is 29.4 Å². The predicted octanol–water partition coefficient (Wildman–Crippen LogP) is 5.58. The molecule has 4 aromatic rings. The van der Waals surface area contributed by atoms with E-state index in [0.717, 1.165) is 58.1 Å². The minimum Gasteiger partial charge on any atom is -0.399 e. The van der Waals surface area contributed by atoms with Crippen molar-refractivity contribution in [1.82, 2.24) is 30.2 Å². The second-order valence-corrected chi connectivity index (χ2v) is 14.3. The second kappa shape index (κ2) is 11.3. The maximum absolute atomic E-state index is 12.9. The van der Waals surface area contributed by atoms with Crippen LogP contribution in [0, 0.1) is 6.92 Å². The number of fused-ring (bicyclic) bond motifs is 1. The van der Waals surface area contributed by atoms with Crippen LogP contribution in [0.3, 0.4) is 0 Å². The van der Waals surface area contributed by atoms with Gasteiger partial charge in [0, 0.05) is 34.6 Å². The van der Waals surface area contributed by atoms with Gasteiger partial charge in [0.15, 0.2) is 11.9 Å². The van der Waals surface area contributed by atoms with Crippen molar-refractivity contribution >= 4 is 29.5 Å². The summed E-state index contributed by atoms with van der Waals surface area (Å²) in [5.74, 6) is 0.0549. The number of carbonyl (C=O) groups is 1. The van der Waals surface area contributed by atoms with Crippen LogP contribution in [0.5, 0.6) is 0 Å². The largest absolute Gasteiger partial charge is 0.496 e. The molecular formula is C33H43BN6O5. The summed E-state index contributed by atoms with van der Waals surface area (Å²) in [6.07, 6.45) is 4.64. The highest BCUT2D eigenvalue weighted by Gasteiger charge is 2.52. The van der Waals surface area contributed by atoms with Gasteiger partial charge in [-0.2, -0.15) is 10.1 Å². The van der Waals surface area contributed by atoms with Gasteiger partial charge in [-0.15, -0.1) is 0 Å². The summed E-state index contributed by atoms with van der Waals surface area (Å²) in [5.41, 5.74) is 4.05. The molecule has 1 unspecified atom stereocenters. The molecule has 0 bridgehead atoms. The summed E-state index contributed by atoms with van der Waals surface area (Å²) in [5, 5.41) is 12.9. The highest BCUT2D eigenvalue weighted by Crippen LogP contribution is 2.38. The van der Waals surface area contributed by atoms with E-state index in [2.05, 4.69) is 27.6 Å². The molecule has 0 spiro atoms. The maximum Gasteiger partial charge on any atom is 0.496 e. The molecule has 1 N–H and O–H groups in total. The number of ether oxygens (including phenoxy) is 1. The van der Waals surface area contributed by atoms with Gasteiger partial charge < -0.3 is 23.9 Å². The molecule has 1 aromatic carbocycles. The normalized spacial score (nSPS) is 20.5. The zero-order valence-electron chi connectivity index (χ0n) is 27.7. The van der Waals surface area contributed by atoms with E-state index in [9.17, 15) is 4.79 Å². The van der Waals surface area contributed by atoms with Crippen LogP contribution in [-0.4, -0.2) is 55.7 Å². The van der Waals surface area contributed by atoms with Crippen molar-refractivity contribution in [1.29, 1.82) is 0 Å². The Morgan fingerprint density at radius 2 is 1.84 bits per heavy atom. The number of aryl methyl sites for hydroxylation is 1. The summed E-state index contributed by atoms with van der Waals surface area (Å²) in [7, 11) is -0.540. The lowest BCUT2D eigenvalue weighted by molar-refractivity contribution is -0.0368. The number of carbonyl (C=O) groups excluding carboxylic acids is 1. The first-order chi connectivity index (χ1) is 21.1. The van der Waals surface area contributed by atoms with Crippen molar-refractivity contribution in [2.75, 3.05) is 6.61 Å². The topological polar surface area (TPSA) is 126 Å². The number of hydrogen-bond acceptors (Lipinski definition) is 9. The minimum absolute atomic E-state index is 0.0216. The van der Waals surface area contributed by atoms with E-state index in [1.165, 1.54) is 0 Å². The third-order valence-corrected chi connectivity index (χ3v) is 9.15. The van der Waals surface area contributed by atoms with E-state index in [1.54, 1.807) is 0 Å². The Morgan fingerprint density at radius 1 is 1.11 bits per heavy atom. The molecular weight excluding hydrogens is 571 g/mol. The van der Waals surface area contributed by atoms with Crippen LogP contribution in [0.1, 0.15) is 115 Å². The molecule has 0 aliphatic carbocycles. The van der Waals surface area contributed by atoms with Crippen LogP contribution in [0.15, 0.2) is 35.0 Å². The Balaban J connectivity index is 1.32. The van der Waals surface area contributed by atoms with Crippen molar-refractivity contribution in [2.24, 2.45) is 0 Å². The molecule has 3 aromatic heterocycles. The molecule has 0 radical (unpaired) electrons. The number of aromatic nitrogens is 5. The van der Waals surface area contributed by atoms with Gasteiger partial charge in [0.25, 0.3) is 11.7 Å². The van der Waals surface area contributed by atoms with Gasteiger partial charge in [0.2, 0.25) is 5.89 Å². The molecule has 2 atom stereocenters. The Hall–Kier alpha value is -3.61. The summed E-state index contributed by atoms with van der Waals surface area (Å²) in [6.45, 7) is 18.7. The van der Waals surface area contributed by atoms with Crippen molar-refractivity contribution in [3.8, 4) is 11.3 Å². The lowest BCUT2D eigenvalue weighted by atomic mass is 9.80. The third-order valence-electron chi connectivity index (χ3n) is 9.15. The molecule has 45 heavy (non-hydrogen) atoms. The number of hydrogen-bond donors (Lipinski definition) is 1. The Bertz CT molecular complexity index is 1720. The van der Waals surface area contributed by atoms with Gasteiger partial charge in [0.1, 0.15) is 5.69 Å². The Kier molecular flexibility index (Phi) is 7.90. The van der Waals surface area contributed by atoms with Crippen molar-refractivity contribution < 1.29 is 23.4 Å². The SMILES string of the molecule is Cc1cc(-c2nn(C3CCCCO3)c3ncc(B4OC(C)(C)C(C)(C)O4)cc23)ccc1[C@@H](C)NC(=O)c1noc(C(C)(C)C)n1. The zero-order valence-corrected chi connectivity index (χ0v) is 27.7. The van der Waals surface area contributed by atoms with Crippen LogP contribution in [0.4, 0.5) is 0 Å².